The lowest BCUT2D eigenvalue weighted by Crippen LogP contribution is -2.16. The van der Waals surface area contributed by atoms with E-state index in [1.54, 1.807) is 0 Å². The van der Waals surface area contributed by atoms with Crippen LogP contribution in [0.3, 0.4) is 0 Å². The summed E-state index contributed by atoms with van der Waals surface area (Å²) in [6, 6.07) is 77.6. The molecule has 0 unspecified atom stereocenters. The van der Waals surface area contributed by atoms with Gasteiger partial charge in [-0.2, -0.15) is 0 Å². The van der Waals surface area contributed by atoms with E-state index in [2.05, 4.69) is 217 Å². The second-order valence-corrected chi connectivity index (χ2v) is 14.4. The molecule has 0 saturated heterocycles. The summed E-state index contributed by atoms with van der Waals surface area (Å²) in [5.74, 6) is 0. The molecule has 0 atom stereocenters. The molecule has 0 aromatic heterocycles. The van der Waals surface area contributed by atoms with Gasteiger partial charge in [0.05, 0.1) is 5.69 Å². The first kappa shape index (κ1) is 31.3. The van der Waals surface area contributed by atoms with Crippen molar-refractivity contribution in [1.29, 1.82) is 0 Å². The van der Waals surface area contributed by atoms with Crippen molar-refractivity contribution in [2.75, 3.05) is 4.90 Å². The smallest absolute Gasteiger partial charge is 0.0625 e. The molecule has 0 fully saturated rings. The Morgan fingerprint density at radius 3 is 1.36 bits per heavy atom. The highest BCUT2D eigenvalue weighted by Crippen LogP contribution is 2.64. The third kappa shape index (κ3) is 5.01. The van der Waals surface area contributed by atoms with Gasteiger partial charge in [0.15, 0.2) is 0 Å². The number of nitrogens with zero attached hydrogens (tertiary/aromatic N) is 1. The van der Waals surface area contributed by atoms with Gasteiger partial charge in [-0.1, -0.05) is 182 Å². The van der Waals surface area contributed by atoms with Crippen molar-refractivity contribution in [3.63, 3.8) is 0 Å². The number of anilines is 3. The Hall–Kier alpha value is -7.22. The monoisotopic (exact) mass is 697 g/mol. The summed E-state index contributed by atoms with van der Waals surface area (Å²) in [6.45, 7) is 0. The van der Waals surface area contributed by atoms with Crippen LogP contribution in [0.4, 0.5) is 17.1 Å². The molecule has 1 nitrogen and oxygen atoms in total. The number of hydrogen-bond donors (Lipinski definition) is 0. The topological polar surface area (TPSA) is 3.24 Å². The summed E-state index contributed by atoms with van der Waals surface area (Å²) in [5.41, 5.74) is 16.1. The molecule has 0 aliphatic heterocycles. The number of hydrogen-bond acceptors (Lipinski definition) is 1. The highest BCUT2D eigenvalue weighted by Gasteiger charge is 2.37. The van der Waals surface area contributed by atoms with E-state index in [0.717, 1.165) is 11.4 Å². The molecule has 1 aliphatic carbocycles. The zero-order chi connectivity index (χ0) is 36.3. The lowest BCUT2D eigenvalue weighted by atomic mass is 9.69. The van der Waals surface area contributed by atoms with Gasteiger partial charge in [0, 0.05) is 27.9 Å². The molecule has 0 spiro atoms. The lowest BCUT2D eigenvalue weighted by molar-refractivity contribution is 1.30. The lowest BCUT2D eigenvalue weighted by Gasteiger charge is -2.38. The Kier molecular flexibility index (Phi) is 7.25. The Morgan fingerprint density at radius 1 is 0.255 bits per heavy atom. The van der Waals surface area contributed by atoms with Crippen LogP contribution in [-0.2, 0) is 0 Å². The van der Waals surface area contributed by atoms with Gasteiger partial charge in [-0.3, -0.25) is 0 Å². The fraction of sp³-hybridized carbons (Fsp3) is 0. The van der Waals surface area contributed by atoms with Crippen molar-refractivity contribution in [1.82, 2.24) is 0 Å². The molecule has 0 amide bonds. The molecule has 0 heterocycles. The van der Waals surface area contributed by atoms with E-state index < -0.39 is 0 Å². The molecule has 0 saturated carbocycles. The maximum absolute atomic E-state index is 2.51. The quantitative estimate of drug-likeness (QED) is 0.167. The van der Waals surface area contributed by atoms with Crippen molar-refractivity contribution in [2.45, 2.75) is 0 Å². The van der Waals surface area contributed by atoms with E-state index in [9.17, 15) is 0 Å². The van der Waals surface area contributed by atoms with Crippen LogP contribution in [0, 0.1) is 0 Å². The van der Waals surface area contributed by atoms with Crippen molar-refractivity contribution in [3.8, 4) is 55.6 Å². The fourth-order valence-electron chi connectivity index (χ4n) is 8.87. The molecule has 55 heavy (non-hydrogen) atoms. The van der Waals surface area contributed by atoms with Gasteiger partial charge in [-0.15, -0.1) is 0 Å². The molecule has 0 bridgehead atoms. The molecule has 0 N–H and O–H groups in total. The summed E-state index contributed by atoms with van der Waals surface area (Å²) in [5, 5.41) is 7.43. The van der Waals surface area contributed by atoms with Gasteiger partial charge < -0.3 is 4.90 Å². The van der Waals surface area contributed by atoms with Gasteiger partial charge >= 0.3 is 0 Å². The molecule has 0 radical (unpaired) electrons. The standard InChI is InChI=1S/C54H35N/c1-4-16-36(17-5-1)38-28-31-43(32-29-38)55(44-33-30-37-18-10-11-23-41(37)34-44)54-45-25-13-12-24-42(45)35-48-51-49(39-19-6-2-7-20-39)46-26-14-15-27-47(46)50(53(51)52(48)54)40-21-8-3-9-22-40/h1-35H. The Balaban J connectivity index is 1.26. The van der Waals surface area contributed by atoms with Gasteiger partial charge in [-0.05, 0) is 102 Å². The molecule has 10 aromatic carbocycles. The minimum Gasteiger partial charge on any atom is -0.309 e. The second-order valence-electron chi connectivity index (χ2n) is 14.4. The van der Waals surface area contributed by atoms with Gasteiger partial charge in [0.2, 0.25) is 0 Å². The number of rotatable bonds is 6. The highest BCUT2D eigenvalue weighted by molar-refractivity contribution is 6.29. The maximum Gasteiger partial charge on any atom is 0.0625 e. The summed E-state index contributed by atoms with van der Waals surface area (Å²) >= 11 is 0. The van der Waals surface area contributed by atoms with Crippen molar-refractivity contribution >= 4 is 49.4 Å². The van der Waals surface area contributed by atoms with Crippen LogP contribution in [-0.4, -0.2) is 0 Å². The first-order chi connectivity index (χ1) is 27.3. The average molecular weight is 698 g/mol. The molecular weight excluding hydrogens is 663 g/mol. The molecule has 1 aliphatic rings. The molecular formula is C54H35N. The first-order valence-corrected chi connectivity index (χ1v) is 19.0. The third-order valence-electron chi connectivity index (χ3n) is 11.3. The Labute approximate surface area is 321 Å². The van der Waals surface area contributed by atoms with Crippen molar-refractivity contribution in [3.05, 3.63) is 212 Å². The minimum absolute atomic E-state index is 1.12. The second kappa shape index (κ2) is 12.7. The van der Waals surface area contributed by atoms with E-state index >= 15 is 0 Å². The predicted octanol–water partition coefficient (Wildman–Crippen LogP) is 15.3. The number of fused-ring (bicyclic) bond motifs is 7. The summed E-state index contributed by atoms with van der Waals surface area (Å²) in [6.07, 6.45) is 0. The van der Waals surface area contributed by atoms with Crippen LogP contribution in [0.25, 0.3) is 88.0 Å². The van der Waals surface area contributed by atoms with Crippen LogP contribution >= 0.6 is 0 Å². The van der Waals surface area contributed by atoms with Crippen molar-refractivity contribution < 1.29 is 0 Å². The Morgan fingerprint density at radius 2 is 0.727 bits per heavy atom. The van der Waals surface area contributed by atoms with Gasteiger partial charge in [0.25, 0.3) is 0 Å². The van der Waals surface area contributed by atoms with Crippen molar-refractivity contribution in [2.24, 2.45) is 0 Å². The zero-order valence-electron chi connectivity index (χ0n) is 30.2. The Bertz CT molecular complexity index is 3060. The first-order valence-electron chi connectivity index (χ1n) is 19.0. The average Bonchev–Trinajstić information content (AvgIpc) is 3.26. The minimum atomic E-state index is 1.12. The molecule has 10 aromatic rings. The summed E-state index contributed by atoms with van der Waals surface area (Å²) < 4.78 is 0. The fourth-order valence-corrected chi connectivity index (χ4v) is 8.87. The summed E-state index contributed by atoms with van der Waals surface area (Å²) in [4.78, 5) is 2.51. The predicted molar refractivity (Wildman–Crippen MR) is 234 cm³/mol. The molecule has 11 rings (SSSR count). The maximum atomic E-state index is 2.51. The van der Waals surface area contributed by atoms with E-state index in [4.69, 9.17) is 0 Å². The van der Waals surface area contributed by atoms with Crippen LogP contribution < -0.4 is 4.90 Å². The molecule has 256 valence electrons. The summed E-state index contributed by atoms with van der Waals surface area (Å²) in [7, 11) is 0. The highest BCUT2D eigenvalue weighted by atomic mass is 15.1. The third-order valence-corrected chi connectivity index (χ3v) is 11.3. The van der Waals surface area contributed by atoms with Crippen LogP contribution in [0.2, 0.25) is 0 Å². The van der Waals surface area contributed by atoms with E-state index in [-0.39, 0.29) is 0 Å². The molecule has 1 heteroatoms. The SMILES string of the molecule is c1ccc(-c2ccc(N(c3ccc4ccccc4c3)c3c4c(cc5ccccc35)-c3c-4c(-c4ccccc4)c4ccccc4c3-c3ccccc3)cc2)cc1. The van der Waals surface area contributed by atoms with Crippen LogP contribution in [0.15, 0.2) is 212 Å². The van der Waals surface area contributed by atoms with E-state index in [1.165, 1.54) is 93.6 Å². The number of benzene rings is 10. The van der Waals surface area contributed by atoms with E-state index in [1.807, 2.05) is 0 Å². The normalized spacial score (nSPS) is 11.6. The van der Waals surface area contributed by atoms with Crippen LogP contribution in [0.5, 0.6) is 0 Å². The van der Waals surface area contributed by atoms with Gasteiger partial charge in [-0.25, -0.2) is 0 Å². The van der Waals surface area contributed by atoms with E-state index in [0.29, 0.717) is 0 Å². The zero-order valence-corrected chi connectivity index (χ0v) is 30.2. The van der Waals surface area contributed by atoms with Gasteiger partial charge in [0.1, 0.15) is 0 Å². The van der Waals surface area contributed by atoms with Crippen LogP contribution in [0.1, 0.15) is 0 Å². The largest absolute Gasteiger partial charge is 0.309 e.